The van der Waals surface area contributed by atoms with Crippen molar-refractivity contribution in [1.29, 1.82) is 0 Å². The Labute approximate surface area is 111 Å². The molecule has 0 aromatic carbocycles. The Morgan fingerprint density at radius 2 is 2.26 bits per heavy atom. The number of nitrogens with zero attached hydrogens (tertiary/aromatic N) is 5. The molecule has 2 aromatic heterocycles. The smallest absolute Gasteiger partial charge is 0.222 e. The molecule has 1 saturated heterocycles. The molecule has 0 radical (unpaired) electrons. The van der Waals surface area contributed by atoms with Crippen LogP contribution in [0.15, 0.2) is 30.7 Å². The summed E-state index contributed by atoms with van der Waals surface area (Å²) in [6.07, 6.45) is 7.05. The van der Waals surface area contributed by atoms with E-state index in [1.165, 1.54) is 0 Å². The zero-order valence-corrected chi connectivity index (χ0v) is 10.6. The molecule has 0 saturated carbocycles. The summed E-state index contributed by atoms with van der Waals surface area (Å²) in [5, 5.41) is 8.19. The van der Waals surface area contributed by atoms with Gasteiger partial charge in [0.05, 0.1) is 19.3 Å². The van der Waals surface area contributed by atoms with Crippen LogP contribution in [0.4, 0.5) is 0 Å². The van der Waals surface area contributed by atoms with E-state index < -0.39 is 0 Å². The van der Waals surface area contributed by atoms with Crippen molar-refractivity contribution < 1.29 is 4.79 Å². The number of carbonyl (C=O) groups excluding carboxylic acids is 1. The summed E-state index contributed by atoms with van der Waals surface area (Å²) >= 11 is 0. The maximum atomic E-state index is 11.5. The number of rotatable bonds is 4. The average Bonchev–Trinajstić information content (AvgIpc) is 3.02. The van der Waals surface area contributed by atoms with Crippen molar-refractivity contribution in [3.63, 3.8) is 0 Å². The van der Waals surface area contributed by atoms with E-state index in [1.54, 1.807) is 10.9 Å². The molecule has 1 fully saturated rings. The maximum Gasteiger partial charge on any atom is 0.222 e. The highest BCUT2D eigenvalue weighted by Gasteiger charge is 2.21. The van der Waals surface area contributed by atoms with Crippen molar-refractivity contribution in [3.05, 3.63) is 42.0 Å². The minimum absolute atomic E-state index is 0.210. The molecule has 1 aliphatic heterocycles. The molecule has 19 heavy (non-hydrogen) atoms. The third-order valence-corrected chi connectivity index (χ3v) is 3.18. The lowest BCUT2D eigenvalue weighted by molar-refractivity contribution is -0.128. The number of carbonyl (C=O) groups is 1. The van der Waals surface area contributed by atoms with Crippen LogP contribution in [0, 0.1) is 0 Å². The van der Waals surface area contributed by atoms with E-state index in [0.29, 0.717) is 19.5 Å². The third-order valence-electron chi connectivity index (χ3n) is 3.18. The fourth-order valence-electron chi connectivity index (χ4n) is 2.23. The third kappa shape index (κ3) is 2.78. The molecule has 1 aliphatic rings. The molecule has 98 valence electrons. The summed E-state index contributed by atoms with van der Waals surface area (Å²) < 4.78 is 1.77. The van der Waals surface area contributed by atoms with Crippen LogP contribution in [-0.4, -0.2) is 37.3 Å². The van der Waals surface area contributed by atoms with Gasteiger partial charge in [0.2, 0.25) is 5.91 Å². The van der Waals surface area contributed by atoms with Crippen molar-refractivity contribution in [3.8, 4) is 0 Å². The summed E-state index contributed by atoms with van der Waals surface area (Å²) in [5.74, 6) is 0.210. The number of aromatic nitrogens is 4. The first-order valence-corrected chi connectivity index (χ1v) is 6.37. The molecule has 0 bridgehead atoms. The number of pyridine rings is 1. The molecule has 3 rings (SSSR count). The van der Waals surface area contributed by atoms with Crippen LogP contribution in [0.5, 0.6) is 0 Å². The summed E-state index contributed by atoms with van der Waals surface area (Å²) in [5.41, 5.74) is 1.91. The molecule has 6 nitrogen and oxygen atoms in total. The predicted molar refractivity (Wildman–Crippen MR) is 68.0 cm³/mol. The van der Waals surface area contributed by atoms with Crippen LogP contribution in [0.2, 0.25) is 0 Å². The second-order valence-corrected chi connectivity index (χ2v) is 4.69. The van der Waals surface area contributed by atoms with E-state index in [-0.39, 0.29) is 5.91 Å². The van der Waals surface area contributed by atoms with Gasteiger partial charge in [0, 0.05) is 25.4 Å². The average molecular weight is 257 g/mol. The highest BCUT2D eigenvalue weighted by atomic mass is 16.2. The Hall–Kier alpha value is -2.24. The van der Waals surface area contributed by atoms with Crippen LogP contribution in [0.3, 0.4) is 0 Å². The minimum atomic E-state index is 0.210. The summed E-state index contributed by atoms with van der Waals surface area (Å²) in [6, 6.07) is 3.90. The van der Waals surface area contributed by atoms with Gasteiger partial charge >= 0.3 is 0 Å². The zero-order chi connectivity index (χ0) is 13.1. The molecule has 1 amide bonds. The second kappa shape index (κ2) is 5.17. The van der Waals surface area contributed by atoms with Gasteiger partial charge in [0.25, 0.3) is 0 Å². The van der Waals surface area contributed by atoms with Gasteiger partial charge in [-0.3, -0.25) is 9.78 Å². The lowest BCUT2D eigenvalue weighted by Crippen LogP contribution is -2.23. The van der Waals surface area contributed by atoms with Gasteiger partial charge in [0.15, 0.2) is 0 Å². The van der Waals surface area contributed by atoms with Gasteiger partial charge in [-0.2, -0.15) is 0 Å². The predicted octanol–water partition coefficient (Wildman–Crippen LogP) is 0.844. The van der Waals surface area contributed by atoms with Crippen molar-refractivity contribution in [2.24, 2.45) is 0 Å². The number of likely N-dealkylation sites (tertiary alicyclic amines) is 1. The fourth-order valence-corrected chi connectivity index (χ4v) is 2.23. The van der Waals surface area contributed by atoms with Crippen LogP contribution in [-0.2, 0) is 17.9 Å². The Kier molecular flexibility index (Phi) is 3.22. The monoisotopic (exact) mass is 257 g/mol. The lowest BCUT2D eigenvalue weighted by Gasteiger charge is -2.12. The molecule has 6 heteroatoms. The first kappa shape index (κ1) is 11.8. The topological polar surface area (TPSA) is 63.9 Å². The minimum Gasteiger partial charge on any atom is -0.337 e. The van der Waals surface area contributed by atoms with Crippen LogP contribution >= 0.6 is 0 Å². The Balaban J connectivity index is 1.65. The quantitative estimate of drug-likeness (QED) is 0.814. The van der Waals surface area contributed by atoms with Crippen molar-refractivity contribution in [1.82, 2.24) is 24.9 Å². The van der Waals surface area contributed by atoms with Gasteiger partial charge in [-0.05, 0) is 18.1 Å². The van der Waals surface area contributed by atoms with E-state index in [2.05, 4.69) is 15.3 Å². The number of amides is 1. The van der Waals surface area contributed by atoms with Crippen LogP contribution < -0.4 is 0 Å². The highest BCUT2D eigenvalue weighted by Crippen LogP contribution is 2.12. The summed E-state index contributed by atoms with van der Waals surface area (Å²) in [7, 11) is 0. The van der Waals surface area contributed by atoms with E-state index in [9.17, 15) is 4.79 Å². The summed E-state index contributed by atoms with van der Waals surface area (Å²) in [6.45, 7) is 2.04. The molecule has 3 heterocycles. The number of hydrogen-bond donors (Lipinski definition) is 0. The first-order chi connectivity index (χ1) is 9.31. The van der Waals surface area contributed by atoms with Crippen LogP contribution in [0.25, 0.3) is 0 Å². The molecule has 0 N–H and O–H groups in total. The lowest BCUT2D eigenvalue weighted by atomic mass is 10.3. The standard InChI is InChI=1S/C13H15N5O/c19-13-4-2-6-17(13)9-12-10-18(16-15-12)8-11-3-1-5-14-7-11/h1,3,5,7,10H,2,4,6,8-9H2. The Morgan fingerprint density at radius 1 is 1.32 bits per heavy atom. The van der Waals surface area contributed by atoms with E-state index in [1.807, 2.05) is 29.4 Å². The fraction of sp³-hybridized carbons (Fsp3) is 0.385. The SMILES string of the molecule is O=C1CCCN1Cc1cn(Cc2cccnc2)nn1. The van der Waals surface area contributed by atoms with Crippen molar-refractivity contribution in [2.45, 2.75) is 25.9 Å². The maximum absolute atomic E-state index is 11.5. The molecule has 0 aliphatic carbocycles. The molecule has 0 spiro atoms. The Morgan fingerprint density at radius 3 is 3.00 bits per heavy atom. The van der Waals surface area contributed by atoms with Crippen molar-refractivity contribution >= 4 is 5.91 Å². The second-order valence-electron chi connectivity index (χ2n) is 4.69. The molecular formula is C13H15N5O. The largest absolute Gasteiger partial charge is 0.337 e. The number of hydrogen-bond acceptors (Lipinski definition) is 4. The van der Waals surface area contributed by atoms with E-state index in [4.69, 9.17) is 0 Å². The van der Waals surface area contributed by atoms with E-state index in [0.717, 1.165) is 24.2 Å². The molecule has 0 atom stereocenters. The van der Waals surface area contributed by atoms with Gasteiger partial charge in [-0.15, -0.1) is 5.10 Å². The van der Waals surface area contributed by atoms with E-state index >= 15 is 0 Å². The zero-order valence-electron chi connectivity index (χ0n) is 10.6. The van der Waals surface area contributed by atoms with Gasteiger partial charge in [-0.25, -0.2) is 4.68 Å². The van der Waals surface area contributed by atoms with Gasteiger partial charge in [0.1, 0.15) is 5.69 Å². The normalized spacial score (nSPS) is 15.2. The van der Waals surface area contributed by atoms with Gasteiger partial charge in [-0.1, -0.05) is 11.3 Å². The highest BCUT2D eigenvalue weighted by molar-refractivity contribution is 5.77. The molecule has 0 unspecified atom stereocenters. The van der Waals surface area contributed by atoms with Gasteiger partial charge < -0.3 is 4.90 Å². The molecular weight excluding hydrogens is 242 g/mol. The molecule has 2 aromatic rings. The Bertz CT molecular complexity index is 565. The summed E-state index contributed by atoms with van der Waals surface area (Å²) in [4.78, 5) is 17.4. The first-order valence-electron chi connectivity index (χ1n) is 6.37. The van der Waals surface area contributed by atoms with Crippen molar-refractivity contribution in [2.75, 3.05) is 6.54 Å². The van der Waals surface area contributed by atoms with Crippen LogP contribution in [0.1, 0.15) is 24.1 Å².